The molecule has 2 aliphatic rings. The predicted molar refractivity (Wildman–Crippen MR) is 116 cm³/mol. The average Bonchev–Trinajstić information content (AvgIpc) is 3.43. The molecule has 1 aromatic heterocycles. The fraction of sp³-hybridized carbons (Fsp3) is 0.478. The van der Waals surface area contributed by atoms with Gasteiger partial charge in [-0.25, -0.2) is 4.39 Å². The molecule has 1 fully saturated rings. The van der Waals surface area contributed by atoms with Gasteiger partial charge in [0.1, 0.15) is 18.2 Å². The first kappa shape index (κ1) is 21.8. The molecule has 8 heteroatoms. The Morgan fingerprint density at radius 2 is 2.23 bits per heavy atom. The van der Waals surface area contributed by atoms with E-state index in [0.29, 0.717) is 25.4 Å². The Kier molecular flexibility index (Phi) is 6.87. The third kappa shape index (κ3) is 5.25. The lowest BCUT2D eigenvalue weighted by molar-refractivity contribution is -0.142. The van der Waals surface area contributed by atoms with Gasteiger partial charge in [0, 0.05) is 37.6 Å². The van der Waals surface area contributed by atoms with Crippen LogP contribution in [0.25, 0.3) is 0 Å². The maximum absolute atomic E-state index is 13.5. The Morgan fingerprint density at radius 3 is 2.97 bits per heavy atom. The lowest BCUT2D eigenvalue weighted by atomic mass is 10.0. The van der Waals surface area contributed by atoms with E-state index in [-0.39, 0.29) is 42.9 Å². The molecule has 6 nitrogen and oxygen atoms in total. The highest BCUT2D eigenvalue weighted by Gasteiger charge is 2.33. The number of rotatable bonds is 7. The van der Waals surface area contributed by atoms with Gasteiger partial charge in [-0.1, -0.05) is 6.07 Å². The van der Waals surface area contributed by atoms with Gasteiger partial charge in [0.25, 0.3) is 0 Å². The van der Waals surface area contributed by atoms with E-state index in [1.54, 1.807) is 33.3 Å². The van der Waals surface area contributed by atoms with E-state index >= 15 is 0 Å². The molecule has 1 saturated heterocycles. The minimum atomic E-state index is -0.364. The maximum atomic E-state index is 13.5. The van der Waals surface area contributed by atoms with Crippen molar-refractivity contribution in [3.05, 3.63) is 52.0 Å². The number of ether oxygens (including phenoxy) is 2. The minimum Gasteiger partial charge on any atom is -0.491 e. The fourth-order valence-electron chi connectivity index (χ4n) is 4.20. The Labute approximate surface area is 185 Å². The molecule has 0 spiro atoms. The zero-order chi connectivity index (χ0) is 21.8. The molecule has 2 atom stereocenters. The van der Waals surface area contributed by atoms with Crippen LogP contribution in [0.1, 0.15) is 36.2 Å². The highest BCUT2D eigenvalue weighted by Crippen LogP contribution is 2.34. The van der Waals surface area contributed by atoms with Gasteiger partial charge in [-0.2, -0.15) is 0 Å². The highest BCUT2D eigenvalue weighted by atomic mass is 32.1. The van der Waals surface area contributed by atoms with Crippen LogP contribution < -0.4 is 4.74 Å². The number of carbonyl (C=O) groups excluding carboxylic acids is 2. The van der Waals surface area contributed by atoms with Crippen molar-refractivity contribution in [2.75, 3.05) is 32.8 Å². The summed E-state index contributed by atoms with van der Waals surface area (Å²) in [6.45, 7) is 3.44. The first-order valence-corrected chi connectivity index (χ1v) is 11.5. The molecule has 0 unspecified atom stereocenters. The lowest BCUT2D eigenvalue weighted by Gasteiger charge is -2.37. The molecular formula is C23H27FN2O4S. The van der Waals surface area contributed by atoms with Gasteiger partial charge in [-0.15, -0.1) is 11.3 Å². The maximum Gasteiger partial charge on any atom is 0.242 e. The van der Waals surface area contributed by atoms with Crippen LogP contribution in [0.4, 0.5) is 4.39 Å². The van der Waals surface area contributed by atoms with Gasteiger partial charge in [-0.3, -0.25) is 9.59 Å². The number of hydrogen-bond acceptors (Lipinski definition) is 5. The molecule has 2 aliphatic heterocycles. The van der Waals surface area contributed by atoms with E-state index in [1.165, 1.54) is 23.9 Å². The molecule has 31 heavy (non-hydrogen) atoms. The number of amides is 2. The zero-order valence-corrected chi connectivity index (χ0v) is 18.4. The number of halogens is 1. The number of benzene rings is 1. The Bertz CT molecular complexity index is 928. The number of carbonyl (C=O) groups is 2. The first-order valence-electron chi connectivity index (χ1n) is 10.6. The van der Waals surface area contributed by atoms with E-state index in [9.17, 15) is 14.0 Å². The van der Waals surface area contributed by atoms with Crippen LogP contribution >= 0.6 is 11.3 Å². The summed E-state index contributed by atoms with van der Waals surface area (Å²) in [7, 11) is 0. The van der Waals surface area contributed by atoms with Gasteiger partial charge in [0.05, 0.1) is 18.7 Å². The van der Waals surface area contributed by atoms with Gasteiger partial charge in [-0.05, 0) is 48.4 Å². The first-order chi connectivity index (χ1) is 15.0. The van der Waals surface area contributed by atoms with Crippen molar-refractivity contribution in [2.24, 2.45) is 0 Å². The monoisotopic (exact) mass is 446 g/mol. The van der Waals surface area contributed by atoms with Crippen molar-refractivity contribution in [3.8, 4) is 5.75 Å². The van der Waals surface area contributed by atoms with Gasteiger partial charge >= 0.3 is 0 Å². The van der Waals surface area contributed by atoms with Crippen molar-refractivity contribution >= 4 is 23.2 Å². The van der Waals surface area contributed by atoms with Crippen LogP contribution in [0, 0.1) is 5.82 Å². The summed E-state index contributed by atoms with van der Waals surface area (Å²) in [6.07, 6.45) is 2.66. The minimum absolute atomic E-state index is 0.00589. The largest absolute Gasteiger partial charge is 0.491 e. The summed E-state index contributed by atoms with van der Waals surface area (Å²) < 4.78 is 25.0. The molecule has 1 aromatic carbocycles. The van der Waals surface area contributed by atoms with E-state index < -0.39 is 0 Å². The summed E-state index contributed by atoms with van der Waals surface area (Å²) in [4.78, 5) is 30.0. The smallest absolute Gasteiger partial charge is 0.242 e. The Morgan fingerprint density at radius 1 is 1.35 bits per heavy atom. The molecule has 0 bridgehead atoms. The van der Waals surface area contributed by atoms with Crippen LogP contribution in [0.15, 0.2) is 35.7 Å². The van der Waals surface area contributed by atoms with E-state index in [1.807, 2.05) is 11.4 Å². The molecular weight excluding hydrogens is 419 g/mol. The predicted octanol–water partition coefficient (Wildman–Crippen LogP) is 3.42. The van der Waals surface area contributed by atoms with Gasteiger partial charge < -0.3 is 19.3 Å². The second kappa shape index (κ2) is 9.78. The Balaban J connectivity index is 1.47. The second-order valence-electron chi connectivity index (χ2n) is 7.95. The second-order valence-corrected chi connectivity index (χ2v) is 8.96. The average molecular weight is 447 g/mol. The summed E-state index contributed by atoms with van der Waals surface area (Å²) in [5, 5.41) is 2.02. The van der Waals surface area contributed by atoms with Crippen molar-refractivity contribution in [3.63, 3.8) is 0 Å². The third-order valence-corrected chi connectivity index (χ3v) is 6.84. The lowest BCUT2D eigenvalue weighted by Crippen LogP contribution is -2.48. The SMILES string of the molecule is CC(=O)N(CC(=O)N1CCc2sccc2[C@H]1COc1cccc(F)c1)C[C@@H]1CCCO1. The van der Waals surface area contributed by atoms with Crippen molar-refractivity contribution in [1.29, 1.82) is 0 Å². The zero-order valence-electron chi connectivity index (χ0n) is 17.6. The molecule has 3 heterocycles. The van der Waals surface area contributed by atoms with Crippen LogP contribution in [-0.4, -0.2) is 60.6 Å². The van der Waals surface area contributed by atoms with Crippen LogP contribution in [0.5, 0.6) is 5.75 Å². The van der Waals surface area contributed by atoms with Gasteiger partial charge in [0.2, 0.25) is 11.8 Å². The molecule has 2 aromatic rings. The van der Waals surface area contributed by atoms with Gasteiger partial charge in [0.15, 0.2) is 0 Å². The summed E-state index contributed by atoms with van der Waals surface area (Å²) >= 11 is 1.67. The summed E-state index contributed by atoms with van der Waals surface area (Å²) in [6, 6.07) is 7.75. The molecule has 2 amide bonds. The number of fused-ring (bicyclic) bond motifs is 1. The number of nitrogens with zero attached hydrogens (tertiary/aromatic N) is 2. The van der Waals surface area contributed by atoms with E-state index in [4.69, 9.17) is 9.47 Å². The summed E-state index contributed by atoms with van der Waals surface area (Å²) in [5.41, 5.74) is 1.06. The molecule has 0 saturated carbocycles. The van der Waals surface area contributed by atoms with Crippen LogP contribution in [0.2, 0.25) is 0 Å². The third-order valence-electron chi connectivity index (χ3n) is 5.84. The van der Waals surface area contributed by atoms with E-state index in [0.717, 1.165) is 24.8 Å². The van der Waals surface area contributed by atoms with Crippen molar-refractivity contribution in [2.45, 2.75) is 38.3 Å². The Hall–Kier alpha value is -2.45. The number of thiophene rings is 1. The normalized spacial score (nSPS) is 20.4. The van der Waals surface area contributed by atoms with Crippen molar-refractivity contribution < 1.29 is 23.5 Å². The number of hydrogen-bond donors (Lipinski definition) is 0. The van der Waals surface area contributed by atoms with E-state index in [2.05, 4.69) is 0 Å². The molecule has 0 aliphatic carbocycles. The molecule has 4 rings (SSSR count). The van der Waals surface area contributed by atoms with Crippen molar-refractivity contribution in [1.82, 2.24) is 9.80 Å². The fourth-order valence-corrected chi connectivity index (χ4v) is 5.13. The standard InChI is InChI=1S/C23H27FN2O4S/c1-16(27)25(13-19-6-3-10-29-19)14-23(28)26-9-7-22-20(8-11-31-22)21(26)15-30-18-5-2-4-17(24)12-18/h2,4-5,8,11-12,19,21H,3,6-7,9-10,13-15H2,1H3/t19-,21+/m0/s1. The highest BCUT2D eigenvalue weighted by molar-refractivity contribution is 7.10. The topological polar surface area (TPSA) is 59.1 Å². The molecule has 0 N–H and O–H groups in total. The summed E-state index contributed by atoms with van der Waals surface area (Å²) in [5.74, 6) is -0.183. The quantitative estimate of drug-likeness (QED) is 0.654. The van der Waals surface area contributed by atoms with Crippen LogP contribution in [-0.2, 0) is 20.7 Å². The molecule has 166 valence electrons. The van der Waals surface area contributed by atoms with Crippen LogP contribution in [0.3, 0.4) is 0 Å². The molecule has 0 radical (unpaired) electrons.